The van der Waals surface area contributed by atoms with Crippen LogP contribution in [-0.4, -0.2) is 29.6 Å². The number of benzene rings is 1. The van der Waals surface area contributed by atoms with E-state index in [0.29, 0.717) is 6.54 Å². The molecule has 0 aliphatic heterocycles. The average molecular weight is 315 g/mol. The van der Waals surface area contributed by atoms with E-state index >= 15 is 0 Å². The molecule has 1 rings (SSSR count). The summed E-state index contributed by atoms with van der Waals surface area (Å²) in [4.78, 5) is 12.2. The second-order valence-electron chi connectivity index (χ2n) is 5.67. The van der Waals surface area contributed by atoms with Crippen LogP contribution in [0.4, 0.5) is 0 Å². The molecule has 0 saturated carbocycles. The van der Waals surface area contributed by atoms with Crippen LogP contribution in [-0.2, 0) is 17.8 Å². The van der Waals surface area contributed by atoms with Crippen LogP contribution in [0, 0.1) is 0 Å². The third-order valence-electron chi connectivity index (χ3n) is 3.55. The van der Waals surface area contributed by atoms with E-state index in [1.165, 1.54) is 31.2 Å². The van der Waals surface area contributed by atoms with E-state index in [-0.39, 0.29) is 41.9 Å². The number of carboxylic acid groups (broad SMARTS) is 1. The third-order valence-corrected chi connectivity index (χ3v) is 3.55. The Labute approximate surface area is 155 Å². The summed E-state index contributed by atoms with van der Waals surface area (Å²) in [6.45, 7) is 2.47. The molecule has 22 heavy (non-hydrogen) atoms. The second-order valence-corrected chi connectivity index (χ2v) is 5.67. The molecule has 4 nitrogen and oxygen atoms in total. The summed E-state index contributed by atoms with van der Waals surface area (Å²) in [7, 11) is 1.70. The van der Waals surface area contributed by atoms with Crippen molar-refractivity contribution in [1.29, 1.82) is 0 Å². The largest absolute Gasteiger partial charge is 1.00 e. The van der Waals surface area contributed by atoms with Crippen LogP contribution >= 0.6 is 0 Å². The van der Waals surface area contributed by atoms with E-state index in [0.717, 1.165) is 18.4 Å². The van der Waals surface area contributed by atoms with Crippen molar-refractivity contribution >= 4 is 5.97 Å². The number of unbranched alkanes of at least 4 members (excludes halogenated alkanes) is 4. The molecule has 0 heterocycles. The Morgan fingerprint density at radius 1 is 1.23 bits per heavy atom. The predicted octanol–water partition coefficient (Wildman–Crippen LogP) is -0.909. The van der Waals surface area contributed by atoms with Crippen LogP contribution < -0.4 is 34.7 Å². The van der Waals surface area contributed by atoms with E-state index in [9.17, 15) is 15.0 Å². The third kappa shape index (κ3) is 8.79. The smallest absolute Gasteiger partial charge is 0.549 e. The van der Waals surface area contributed by atoms with Gasteiger partial charge in [-0.1, -0.05) is 44.7 Å². The summed E-state index contributed by atoms with van der Waals surface area (Å²) in [5.41, 5.74) is 1.96. The van der Waals surface area contributed by atoms with E-state index in [4.69, 9.17) is 0 Å². The number of likely N-dealkylation sites (N-methyl/N-ethyl adjacent to an activating group) is 1. The number of carboxylic acids is 1. The van der Waals surface area contributed by atoms with Crippen LogP contribution in [0.25, 0.3) is 0 Å². The number of aromatic hydroxyl groups is 1. The zero-order chi connectivity index (χ0) is 15.7. The maximum atomic E-state index is 10.6. The Balaban J connectivity index is 0.00000441. The van der Waals surface area contributed by atoms with Gasteiger partial charge in [-0.05, 0) is 31.5 Å². The van der Waals surface area contributed by atoms with Gasteiger partial charge < -0.3 is 15.0 Å². The van der Waals surface area contributed by atoms with Crippen molar-refractivity contribution in [2.45, 2.75) is 52.0 Å². The van der Waals surface area contributed by atoms with Gasteiger partial charge in [-0.15, -0.1) is 0 Å². The standard InChI is InChI=1S/C17H27NO3.Na/c1-3-4-5-6-7-8-14-9-10-16(19)15(11-14)12-18(2)13-17(20)21;/h9-11,19H,3-8,12-13H2,1-2H3,(H,20,21);/q;+1/p-1. The normalized spacial score (nSPS) is 10.5. The quantitative estimate of drug-likeness (QED) is 0.449. The minimum atomic E-state index is -1.11. The molecule has 118 valence electrons. The van der Waals surface area contributed by atoms with Crippen LogP contribution in [0.1, 0.15) is 50.2 Å². The van der Waals surface area contributed by atoms with Gasteiger partial charge in [-0.3, -0.25) is 4.90 Å². The SMILES string of the molecule is CCCCCCCc1ccc(O)c(CN(C)CC(=O)[O-])c1.[Na+]. The fourth-order valence-electron chi connectivity index (χ4n) is 2.42. The van der Waals surface area contributed by atoms with E-state index < -0.39 is 5.97 Å². The molecule has 0 radical (unpaired) electrons. The monoisotopic (exact) mass is 315 g/mol. The number of carbonyl (C=O) groups excluding carboxylic acids is 1. The van der Waals surface area contributed by atoms with Crippen molar-refractivity contribution in [3.63, 3.8) is 0 Å². The fourth-order valence-corrected chi connectivity index (χ4v) is 2.42. The summed E-state index contributed by atoms with van der Waals surface area (Å²) < 4.78 is 0. The summed E-state index contributed by atoms with van der Waals surface area (Å²) in [6, 6.07) is 5.61. The molecule has 0 unspecified atom stereocenters. The first-order valence-electron chi connectivity index (χ1n) is 7.72. The van der Waals surface area contributed by atoms with Crippen LogP contribution in [0.5, 0.6) is 5.75 Å². The number of aryl methyl sites for hydroxylation is 1. The zero-order valence-corrected chi connectivity index (χ0v) is 16.1. The van der Waals surface area contributed by atoms with E-state index in [2.05, 4.69) is 6.92 Å². The number of phenolic OH excluding ortho intramolecular Hbond substituents is 1. The Bertz CT molecular complexity index is 452. The van der Waals surface area contributed by atoms with Crippen molar-refractivity contribution in [2.75, 3.05) is 13.6 Å². The van der Waals surface area contributed by atoms with Gasteiger partial charge in [0.15, 0.2) is 0 Å². The van der Waals surface area contributed by atoms with E-state index in [1.807, 2.05) is 12.1 Å². The summed E-state index contributed by atoms with van der Waals surface area (Å²) in [5.74, 6) is -0.890. The van der Waals surface area contributed by atoms with Gasteiger partial charge in [0.25, 0.3) is 0 Å². The van der Waals surface area contributed by atoms with Crippen LogP contribution in [0.2, 0.25) is 0 Å². The maximum absolute atomic E-state index is 10.6. The molecular formula is C17H26NNaO3. The first-order chi connectivity index (χ1) is 10.0. The Morgan fingerprint density at radius 3 is 2.55 bits per heavy atom. The van der Waals surface area contributed by atoms with Gasteiger partial charge in [0.05, 0.1) is 5.97 Å². The molecule has 0 spiro atoms. The molecule has 0 amide bonds. The molecule has 0 aromatic heterocycles. The Morgan fingerprint density at radius 2 is 1.91 bits per heavy atom. The second kappa shape index (κ2) is 11.9. The number of hydrogen-bond acceptors (Lipinski definition) is 4. The van der Waals surface area contributed by atoms with Gasteiger partial charge in [0.1, 0.15) is 5.75 Å². The van der Waals surface area contributed by atoms with Gasteiger partial charge in [-0.25, -0.2) is 0 Å². The molecule has 1 aromatic carbocycles. The molecule has 0 fully saturated rings. The molecule has 0 aliphatic rings. The summed E-state index contributed by atoms with van der Waals surface area (Å²) in [5, 5.41) is 20.4. The van der Waals surface area contributed by atoms with Gasteiger partial charge in [0, 0.05) is 18.7 Å². The van der Waals surface area contributed by atoms with Crippen LogP contribution in [0.15, 0.2) is 18.2 Å². The van der Waals surface area contributed by atoms with Crippen molar-refractivity contribution in [2.24, 2.45) is 0 Å². The molecule has 1 aromatic rings. The number of nitrogens with zero attached hydrogens (tertiary/aromatic N) is 1. The number of rotatable bonds is 10. The van der Waals surface area contributed by atoms with Gasteiger partial charge >= 0.3 is 29.6 Å². The Kier molecular flexibility index (Phi) is 11.6. The van der Waals surface area contributed by atoms with Gasteiger partial charge in [-0.2, -0.15) is 0 Å². The Hall–Kier alpha value is -0.550. The van der Waals surface area contributed by atoms with Crippen molar-refractivity contribution in [3.8, 4) is 5.75 Å². The first-order valence-corrected chi connectivity index (χ1v) is 7.72. The minimum absolute atomic E-state index is 0. The maximum Gasteiger partial charge on any atom is 1.00 e. The molecule has 5 heteroatoms. The number of hydrogen-bond donors (Lipinski definition) is 1. The van der Waals surface area contributed by atoms with Crippen molar-refractivity contribution < 1.29 is 44.6 Å². The van der Waals surface area contributed by atoms with Crippen molar-refractivity contribution in [1.82, 2.24) is 4.90 Å². The van der Waals surface area contributed by atoms with Gasteiger partial charge in [0.2, 0.25) is 0 Å². The molecule has 0 atom stereocenters. The van der Waals surface area contributed by atoms with E-state index in [1.54, 1.807) is 18.0 Å². The summed E-state index contributed by atoms with van der Waals surface area (Å²) >= 11 is 0. The van der Waals surface area contributed by atoms with Crippen LogP contribution in [0.3, 0.4) is 0 Å². The molecule has 0 bridgehead atoms. The molecule has 0 saturated heterocycles. The summed E-state index contributed by atoms with van der Waals surface area (Å²) in [6.07, 6.45) is 7.19. The van der Waals surface area contributed by atoms with Crippen molar-refractivity contribution in [3.05, 3.63) is 29.3 Å². The number of phenols is 1. The topological polar surface area (TPSA) is 63.6 Å². The minimum Gasteiger partial charge on any atom is -0.549 e. The fraction of sp³-hybridized carbons (Fsp3) is 0.588. The average Bonchev–Trinajstić information content (AvgIpc) is 2.41. The predicted molar refractivity (Wildman–Crippen MR) is 81.9 cm³/mol. The first kappa shape index (κ1) is 21.4. The molecular weight excluding hydrogens is 289 g/mol. The molecule has 1 N–H and O–H groups in total. The zero-order valence-electron chi connectivity index (χ0n) is 14.1. The number of carbonyl (C=O) groups is 1. The number of aliphatic carboxylic acids is 1. The molecule has 0 aliphatic carbocycles.